The Morgan fingerprint density at radius 3 is 2.31 bits per heavy atom. The molecule has 0 unspecified atom stereocenters. The Morgan fingerprint density at radius 2 is 1.72 bits per heavy atom. The minimum atomic E-state index is -0.798. The van der Waals surface area contributed by atoms with Crippen LogP contribution in [0.2, 0.25) is 0 Å². The van der Waals surface area contributed by atoms with Crippen molar-refractivity contribution in [2.24, 2.45) is 0 Å². The highest BCUT2D eigenvalue weighted by Crippen LogP contribution is 2.39. The summed E-state index contributed by atoms with van der Waals surface area (Å²) in [5.41, 5.74) is 0.0481. The summed E-state index contributed by atoms with van der Waals surface area (Å²) in [6.07, 6.45) is 3.91. The molecule has 156 valence electrons. The fourth-order valence-electron chi connectivity index (χ4n) is 3.99. The van der Waals surface area contributed by atoms with Crippen LogP contribution in [0, 0.1) is 0 Å². The lowest BCUT2D eigenvalue weighted by Gasteiger charge is -2.35. The van der Waals surface area contributed by atoms with Crippen molar-refractivity contribution in [3.05, 3.63) is 29.8 Å². The van der Waals surface area contributed by atoms with E-state index in [1.54, 1.807) is 45.2 Å². The summed E-state index contributed by atoms with van der Waals surface area (Å²) in [7, 11) is 1.64. The summed E-state index contributed by atoms with van der Waals surface area (Å²) >= 11 is 0. The van der Waals surface area contributed by atoms with Gasteiger partial charge in [-0.1, -0.05) is 19.3 Å². The Morgan fingerprint density at radius 1 is 1.10 bits per heavy atom. The van der Waals surface area contributed by atoms with E-state index < -0.39 is 23.4 Å². The molecular formula is C21H27N3O5. The predicted molar refractivity (Wildman–Crippen MR) is 106 cm³/mol. The minimum Gasteiger partial charge on any atom is -0.459 e. The largest absolute Gasteiger partial charge is 0.459 e. The Labute approximate surface area is 170 Å². The SMILES string of the molecule is CC(C)OC(=O)c1ccc(NC(=O)CN2C(=O)N(C)C3(CCCCC3)C2=O)cc1. The first-order valence-electron chi connectivity index (χ1n) is 9.95. The Hall–Kier alpha value is -2.90. The van der Waals surface area contributed by atoms with Crippen LogP contribution in [0.4, 0.5) is 10.5 Å². The maximum absolute atomic E-state index is 12.9. The molecule has 3 rings (SSSR count). The lowest BCUT2D eigenvalue weighted by atomic mass is 9.81. The molecule has 1 spiro atoms. The lowest BCUT2D eigenvalue weighted by Crippen LogP contribution is -2.49. The van der Waals surface area contributed by atoms with Gasteiger partial charge in [0.1, 0.15) is 12.1 Å². The van der Waals surface area contributed by atoms with Gasteiger partial charge in [0.05, 0.1) is 11.7 Å². The number of nitrogens with zero attached hydrogens (tertiary/aromatic N) is 2. The number of rotatable bonds is 5. The normalized spacial score (nSPS) is 18.5. The molecule has 2 fully saturated rings. The van der Waals surface area contributed by atoms with Gasteiger partial charge in [0.2, 0.25) is 5.91 Å². The van der Waals surface area contributed by atoms with Gasteiger partial charge in [-0.15, -0.1) is 0 Å². The van der Waals surface area contributed by atoms with Gasteiger partial charge in [-0.05, 0) is 51.0 Å². The zero-order chi connectivity index (χ0) is 21.2. The first kappa shape index (κ1) is 20.8. The molecule has 1 saturated heterocycles. The van der Waals surface area contributed by atoms with Crippen molar-refractivity contribution in [2.45, 2.75) is 57.6 Å². The smallest absolute Gasteiger partial charge is 0.338 e. The van der Waals surface area contributed by atoms with Crippen LogP contribution in [-0.4, -0.2) is 58.8 Å². The van der Waals surface area contributed by atoms with Crippen molar-refractivity contribution in [3.8, 4) is 0 Å². The topological polar surface area (TPSA) is 96.0 Å². The van der Waals surface area contributed by atoms with E-state index in [4.69, 9.17) is 4.74 Å². The fourth-order valence-corrected chi connectivity index (χ4v) is 3.99. The second kappa shape index (κ2) is 8.23. The summed E-state index contributed by atoms with van der Waals surface area (Å²) in [5.74, 6) is -1.19. The van der Waals surface area contributed by atoms with Crippen molar-refractivity contribution in [2.75, 3.05) is 18.9 Å². The molecule has 1 aromatic rings. The second-order valence-electron chi connectivity index (χ2n) is 7.90. The van der Waals surface area contributed by atoms with Crippen LogP contribution in [0.1, 0.15) is 56.3 Å². The number of hydrogen-bond acceptors (Lipinski definition) is 5. The molecule has 8 nitrogen and oxygen atoms in total. The number of hydrogen-bond donors (Lipinski definition) is 1. The molecule has 29 heavy (non-hydrogen) atoms. The van der Waals surface area contributed by atoms with E-state index in [0.717, 1.165) is 24.2 Å². The second-order valence-corrected chi connectivity index (χ2v) is 7.90. The minimum absolute atomic E-state index is 0.219. The number of amides is 4. The first-order valence-corrected chi connectivity index (χ1v) is 9.95. The number of urea groups is 1. The van der Waals surface area contributed by atoms with Crippen LogP contribution < -0.4 is 5.32 Å². The van der Waals surface area contributed by atoms with Crippen molar-refractivity contribution in [1.82, 2.24) is 9.80 Å². The van der Waals surface area contributed by atoms with Gasteiger partial charge in [0.15, 0.2) is 0 Å². The predicted octanol–water partition coefficient (Wildman–Crippen LogP) is 2.79. The molecule has 8 heteroatoms. The third-order valence-corrected chi connectivity index (χ3v) is 5.53. The molecule has 0 radical (unpaired) electrons. The molecule has 1 N–H and O–H groups in total. The van der Waals surface area contributed by atoms with Crippen LogP contribution in [-0.2, 0) is 14.3 Å². The third-order valence-electron chi connectivity index (χ3n) is 5.53. The van der Waals surface area contributed by atoms with E-state index in [1.165, 1.54) is 4.90 Å². The summed E-state index contributed by atoms with van der Waals surface area (Å²) in [6.45, 7) is 3.20. The standard InChI is InChI=1S/C21H27N3O5/c1-14(2)29-18(26)15-7-9-16(10-8-15)22-17(25)13-24-19(27)21(23(3)20(24)28)11-5-4-6-12-21/h7-10,14H,4-6,11-13H2,1-3H3,(H,22,25). The van der Waals surface area contributed by atoms with Gasteiger partial charge in [-0.25, -0.2) is 9.59 Å². The first-order chi connectivity index (χ1) is 13.7. The maximum atomic E-state index is 12.9. The van der Waals surface area contributed by atoms with Crippen LogP contribution in [0.25, 0.3) is 0 Å². The summed E-state index contributed by atoms with van der Waals surface area (Å²) < 4.78 is 5.12. The van der Waals surface area contributed by atoms with Crippen molar-refractivity contribution in [3.63, 3.8) is 0 Å². The van der Waals surface area contributed by atoms with Crippen molar-refractivity contribution < 1.29 is 23.9 Å². The highest BCUT2D eigenvalue weighted by Gasteiger charge is 2.55. The van der Waals surface area contributed by atoms with E-state index in [9.17, 15) is 19.2 Å². The van der Waals surface area contributed by atoms with E-state index in [0.29, 0.717) is 24.1 Å². The number of carbonyl (C=O) groups is 4. The van der Waals surface area contributed by atoms with Gasteiger partial charge in [0.25, 0.3) is 5.91 Å². The zero-order valence-corrected chi connectivity index (χ0v) is 17.1. The van der Waals surface area contributed by atoms with E-state index in [-0.39, 0.29) is 18.6 Å². The molecule has 4 amide bonds. The molecule has 0 atom stereocenters. The molecule has 1 aromatic carbocycles. The molecule has 0 aromatic heterocycles. The van der Waals surface area contributed by atoms with Crippen LogP contribution in [0.3, 0.4) is 0 Å². The summed E-state index contributed by atoms with van der Waals surface area (Å²) in [4.78, 5) is 52.4. The molecule has 1 saturated carbocycles. The highest BCUT2D eigenvalue weighted by atomic mass is 16.5. The highest BCUT2D eigenvalue weighted by molar-refractivity contribution is 6.10. The molecule has 2 aliphatic rings. The number of ether oxygens (including phenoxy) is 1. The molecular weight excluding hydrogens is 374 g/mol. The van der Waals surface area contributed by atoms with Gasteiger partial charge in [-0.3, -0.25) is 14.5 Å². The molecule has 1 aliphatic carbocycles. The maximum Gasteiger partial charge on any atom is 0.338 e. The number of benzene rings is 1. The van der Waals surface area contributed by atoms with Crippen LogP contribution >= 0.6 is 0 Å². The van der Waals surface area contributed by atoms with Gasteiger partial charge >= 0.3 is 12.0 Å². The summed E-state index contributed by atoms with van der Waals surface area (Å²) in [5, 5.41) is 2.67. The fraction of sp³-hybridized carbons (Fsp3) is 0.524. The number of likely N-dealkylation sites (N-methyl/N-ethyl adjacent to an activating group) is 1. The van der Waals surface area contributed by atoms with E-state index in [2.05, 4.69) is 5.32 Å². The van der Waals surface area contributed by atoms with Crippen molar-refractivity contribution in [1.29, 1.82) is 0 Å². The third kappa shape index (κ3) is 4.11. The Kier molecular flexibility index (Phi) is 5.91. The average molecular weight is 401 g/mol. The number of esters is 1. The summed E-state index contributed by atoms with van der Waals surface area (Å²) in [6, 6.07) is 5.84. The van der Waals surface area contributed by atoms with Gasteiger partial charge in [0, 0.05) is 12.7 Å². The van der Waals surface area contributed by atoms with Crippen molar-refractivity contribution >= 4 is 29.5 Å². The quantitative estimate of drug-likeness (QED) is 0.605. The number of anilines is 1. The Balaban J connectivity index is 1.63. The number of imide groups is 1. The Bertz CT molecular complexity index is 812. The molecule has 0 bridgehead atoms. The number of nitrogens with one attached hydrogen (secondary N) is 1. The molecule has 1 heterocycles. The lowest BCUT2D eigenvalue weighted by molar-refractivity contribution is -0.136. The van der Waals surface area contributed by atoms with Gasteiger partial charge in [-0.2, -0.15) is 0 Å². The monoisotopic (exact) mass is 401 g/mol. The van der Waals surface area contributed by atoms with E-state index >= 15 is 0 Å². The zero-order valence-electron chi connectivity index (χ0n) is 17.1. The number of carbonyl (C=O) groups excluding carboxylic acids is 4. The van der Waals surface area contributed by atoms with Crippen LogP contribution in [0.5, 0.6) is 0 Å². The molecule has 1 aliphatic heterocycles. The van der Waals surface area contributed by atoms with E-state index in [1.807, 2.05) is 0 Å². The van der Waals surface area contributed by atoms with Crippen LogP contribution in [0.15, 0.2) is 24.3 Å². The van der Waals surface area contributed by atoms with Gasteiger partial charge < -0.3 is 15.0 Å². The average Bonchev–Trinajstić information content (AvgIpc) is 2.85.